The predicted molar refractivity (Wildman–Crippen MR) is 101 cm³/mol. The maximum atomic E-state index is 12.2. The molecule has 0 aliphatic heterocycles. The molecule has 1 aromatic heterocycles. The zero-order chi connectivity index (χ0) is 18.3. The van der Waals surface area contributed by atoms with Gasteiger partial charge in [0.05, 0.1) is 17.0 Å². The summed E-state index contributed by atoms with van der Waals surface area (Å²) in [4.78, 5) is 22.7. The van der Waals surface area contributed by atoms with Crippen LogP contribution in [0, 0.1) is 6.92 Å². The minimum atomic E-state index is -0.468. The van der Waals surface area contributed by atoms with Crippen molar-refractivity contribution in [3.63, 3.8) is 0 Å². The molecule has 5 nitrogen and oxygen atoms in total. The van der Waals surface area contributed by atoms with Crippen LogP contribution in [-0.2, 0) is 10.3 Å². The molecule has 0 spiro atoms. The van der Waals surface area contributed by atoms with Crippen molar-refractivity contribution in [3.8, 4) is 10.4 Å². The van der Waals surface area contributed by atoms with E-state index in [1.165, 1.54) is 5.56 Å². The number of hydrogen-bond donors (Lipinski definition) is 2. The van der Waals surface area contributed by atoms with Crippen LogP contribution in [0.1, 0.15) is 39.2 Å². The van der Waals surface area contributed by atoms with E-state index in [4.69, 9.17) is 5.73 Å². The normalized spacial score (nSPS) is 10.9. The second kappa shape index (κ2) is 8.80. The van der Waals surface area contributed by atoms with E-state index in [-0.39, 0.29) is 17.6 Å². The topological polar surface area (TPSA) is 91.1 Å². The number of benzene rings is 1. The number of nitrogens with zero attached hydrogens (tertiary/aromatic N) is 1. The fraction of sp³-hybridized carbons (Fsp3) is 0.444. The first-order valence-corrected chi connectivity index (χ1v) is 8.78. The Morgan fingerprint density at radius 2 is 1.79 bits per heavy atom. The number of hydrogen-bond acceptors (Lipinski definition) is 4. The summed E-state index contributed by atoms with van der Waals surface area (Å²) in [6.07, 6.45) is 2.10. The van der Waals surface area contributed by atoms with Crippen LogP contribution in [0.3, 0.4) is 0 Å². The lowest BCUT2D eigenvalue weighted by molar-refractivity contribution is -0.116. The molecular weight excluding hydrogens is 322 g/mol. The summed E-state index contributed by atoms with van der Waals surface area (Å²) in [6.45, 7) is 8.43. The van der Waals surface area contributed by atoms with E-state index in [1.54, 1.807) is 17.6 Å². The van der Waals surface area contributed by atoms with Crippen molar-refractivity contribution in [3.05, 3.63) is 46.2 Å². The molecule has 1 amide bonds. The van der Waals surface area contributed by atoms with Crippen LogP contribution in [0.25, 0.3) is 10.4 Å². The Kier molecular flexibility index (Phi) is 7.38. The number of amides is 1. The van der Waals surface area contributed by atoms with Crippen LogP contribution in [-0.4, -0.2) is 16.4 Å². The lowest BCUT2D eigenvalue weighted by atomic mass is 10.00. The second-order valence-corrected chi connectivity index (χ2v) is 7.32. The molecule has 0 aliphatic rings. The van der Waals surface area contributed by atoms with Gasteiger partial charge in [0.25, 0.3) is 5.56 Å². The van der Waals surface area contributed by atoms with Gasteiger partial charge in [0.2, 0.25) is 5.91 Å². The molecule has 6 heteroatoms. The highest BCUT2D eigenvalue weighted by atomic mass is 32.1. The minimum Gasteiger partial charge on any atom is -0.369 e. The van der Waals surface area contributed by atoms with Crippen LogP contribution in [0.2, 0.25) is 0 Å². The molecule has 0 saturated carbocycles. The number of carbonyl (C=O) groups excluding carboxylic acids is 1. The van der Waals surface area contributed by atoms with Gasteiger partial charge in [-0.25, -0.2) is 0 Å². The molecule has 0 fully saturated rings. The maximum Gasteiger partial charge on any atom is 0.261 e. The van der Waals surface area contributed by atoms with Crippen molar-refractivity contribution in [2.75, 3.05) is 6.54 Å². The second-order valence-electron chi connectivity index (χ2n) is 6.33. The molecule has 132 valence electrons. The zero-order valence-electron chi connectivity index (χ0n) is 14.8. The predicted octanol–water partition coefficient (Wildman–Crippen LogP) is 2.85. The van der Waals surface area contributed by atoms with Crippen LogP contribution in [0.15, 0.2) is 35.1 Å². The van der Waals surface area contributed by atoms with Crippen LogP contribution < -0.4 is 17.0 Å². The van der Waals surface area contributed by atoms with E-state index in [1.807, 2.05) is 3.96 Å². The monoisotopic (exact) mass is 349 g/mol. The Morgan fingerprint density at radius 1 is 1.25 bits per heavy atom. The summed E-state index contributed by atoms with van der Waals surface area (Å²) < 4.78 is 1.91. The first-order valence-electron chi connectivity index (χ1n) is 8.00. The zero-order valence-corrected chi connectivity index (χ0v) is 15.7. The summed E-state index contributed by atoms with van der Waals surface area (Å²) in [5.74, 6) is -0.468. The third kappa shape index (κ3) is 5.62. The quantitative estimate of drug-likeness (QED) is 0.869. The lowest BCUT2D eigenvalue weighted by Gasteiger charge is -2.24. The highest BCUT2D eigenvalue weighted by molar-refractivity contribution is 7.10. The summed E-state index contributed by atoms with van der Waals surface area (Å²) in [6, 6.07) is 10.1. The maximum absolute atomic E-state index is 12.2. The molecule has 24 heavy (non-hydrogen) atoms. The van der Waals surface area contributed by atoms with Crippen molar-refractivity contribution >= 4 is 17.4 Å². The van der Waals surface area contributed by atoms with Crippen molar-refractivity contribution < 1.29 is 4.79 Å². The Hall–Kier alpha value is -1.92. The molecule has 2 aromatic rings. The fourth-order valence-corrected chi connectivity index (χ4v) is 3.40. The molecule has 0 radical (unpaired) electrons. The van der Waals surface area contributed by atoms with E-state index in [0.29, 0.717) is 0 Å². The van der Waals surface area contributed by atoms with E-state index >= 15 is 0 Å². The highest BCUT2D eigenvalue weighted by Crippen LogP contribution is 2.29. The molecule has 0 bridgehead atoms. The molecule has 0 aliphatic carbocycles. The SMILES string of the molecule is CCCC(C)(C)n1sc(-c2ccc(C)cc2)cc1=O.NCC(N)=O. The number of primary amides is 1. The van der Waals surface area contributed by atoms with Gasteiger partial charge in [0.1, 0.15) is 0 Å². The average Bonchev–Trinajstić information content (AvgIpc) is 2.91. The Morgan fingerprint density at radius 3 is 2.25 bits per heavy atom. The summed E-state index contributed by atoms with van der Waals surface area (Å²) >= 11 is 1.57. The van der Waals surface area contributed by atoms with Gasteiger partial charge in [-0.2, -0.15) is 0 Å². The lowest BCUT2D eigenvalue weighted by Crippen LogP contribution is -2.31. The van der Waals surface area contributed by atoms with E-state index in [2.05, 4.69) is 57.7 Å². The van der Waals surface area contributed by atoms with Gasteiger partial charge in [0.15, 0.2) is 0 Å². The van der Waals surface area contributed by atoms with E-state index in [0.717, 1.165) is 23.3 Å². The minimum absolute atomic E-state index is 0.0556. The number of aryl methyl sites for hydroxylation is 1. The Balaban J connectivity index is 0.000000505. The third-order valence-electron chi connectivity index (χ3n) is 3.59. The van der Waals surface area contributed by atoms with Crippen molar-refractivity contribution in [2.45, 2.75) is 46.1 Å². The summed E-state index contributed by atoms with van der Waals surface area (Å²) in [7, 11) is 0. The molecule has 0 atom stereocenters. The van der Waals surface area contributed by atoms with Gasteiger partial charge in [-0.3, -0.25) is 13.5 Å². The molecule has 2 rings (SSSR count). The molecule has 1 aromatic carbocycles. The first kappa shape index (κ1) is 20.1. The Labute approximate surface area is 147 Å². The molecular formula is C18H27N3O2S. The average molecular weight is 350 g/mol. The summed E-state index contributed by atoms with van der Waals surface area (Å²) in [5.41, 5.74) is 11.6. The van der Waals surface area contributed by atoms with E-state index < -0.39 is 5.91 Å². The number of aromatic nitrogens is 1. The molecule has 4 N–H and O–H groups in total. The van der Waals surface area contributed by atoms with Crippen LogP contribution >= 0.6 is 11.5 Å². The van der Waals surface area contributed by atoms with Gasteiger partial charge in [-0.05, 0) is 32.8 Å². The van der Waals surface area contributed by atoms with Crippen LogP contribution in [0.5, 0.6) is 0 Å². The van der Waals surface area contributed by atoms with Crippen molar-refractivity contribution in [1.82, 2.24) is 3.96 Å². The molecule has 1 heterocycles. The first-order chi connectivity index (χ1) is 11.2. The standard InChI is InChI=1S/C16H21NOS.C2H6N2O/c1-5-10-16(3,4)17-15(18)11-14(19-17)13-8-6-12(2)7-9-13;3-1-2(4)5/h6-9,11H,5,10H2,1-4H3;1,3H2,(H2,4,5). The number of rotatable bonds is 5. The van der Waals surface area contributed by atoms with Crippen molar-refractivity contribution in [2.24, 2.45) is 11.5 Å². The number of nitrogens with two attached hydrogens (primary N) is 2. The van der Waals surface area contributed by atoms with E-state index in [9.17, 15) is 9.59 Å². The number of carbonyl (C=O) groups is 1. The van der Waals surface area contributed by atoms with Gasteiger partial charge in [-0.15, -0.1) is 0 Å². The largest absolute Gasteiger partial charge is 0.369 e. The fourth-order valence-electron chi connectivity index (χ4n) is 2.33. The van der Waals surface area contributed by atoms with Gasteiger partial charge >= 0.3 is 0 Å². The molecule has 0 saturated heterocycles. The summed E-state index contributed by atoms with van der Waals surface area (Å²) in [5, 5.41) is 0. The van der Waals surface area contributed by atoms with Gasteiger partial charge < -0.3 is 11.5 Å². The highest BCUT2D eigenvalue weighted by Gasteiger charge is 2.22. The smallest absolute Gasteiger partial charge is 0.261 e. The van der Waals surface area contributed by atoms with Gasteiger partial charge in [-0.1, -0.05) is 54.7 Å². The third-order valence-corrected chi connectivity index (χ3v) is 5.00. The molecule has 0 unspecified atom stereocenters. The Bertz CT molecular complexity index is 715. The van der Waals surface area contributed by atoms with Gasteiger partial charge in [0, 0.05) is 6.07 Å². The van der Waals surface area contributed by atoms with Crippen molar-refractivity contribution in [1.29, 1.82) is 0 Å². The van der Waals surface area contributed by atoms with Crippen LogP contribution in [0.4, 0.5) is 0 Å².